The van der Waals surface area contributed by atoms with Crippen molar-refractivity contribution in [2.75, 3.05) is 17.4 Å². The second kappa shape index (κ2) is 15.8. The highest BCUT2D eigenvalue weighted by molar-refractivity contribution is 7.92. The summed E-state index contributed by atoms with van der Waals surface area (Å²) < 4.78 is 29.1. The Morgan fingerprint density at radius 1 is 0.800 bits per heavy atom. The summed E-state index contributed by atoms with van der Waals surface area (Å²) in [6.45, 7) is 1.56. The van der Waals surface area contributed by atoms with E-state index in [-0.39, 0.29) is 39.5 Å². The lowest BCUT2D eigenvalue weighted by Gasteiger charge is -2.34. The van der Waals surface area contributed by atoms with Gasteiger partial charge >= 0.3 is 0 Å². The molecule has 4 rings (SSSR count). The van der Waals surface area contributed by atoms with Crippen molar-refractivity contribution < 1.29 is 18.0 Å². The van der Waals surface area contributed by atoms with Gasteiger partial charge in [-0.3, -0.25) is 13.9 Å². The quantitative estimate of drug-likeness (QED) is 0.155. The van der Waals surface area contributed by atoms with Crippen LogP contribution in [0.25, 0.3) is 0 Å². The third-order valence-corrected chi connectivity index (χ3v) is 9.73. The van der Waals surface area contributed by atoms with E-state index < -0.39 is 28.5 Å². The number of amides is 2. The van der Waals surface area contributed by atoms with Crippen LogP contribution in [-0.4, -0.2) is 44.3 Å². The average molecular weight is 708 g/mol. The SMILES string of the molecule is CCCNC(=O)C(Cc1ccccc1)N(Cc1ccc(Cl)cc1Cl)C(=O)CN(c1cc(Cl)cc(Cl)c1)S(=O)(=O)c1ccccc1. The summed E-state index contributed by atoms with van der Waals surface area (Å²) in [6.07, 6.45) is 0.848. The Morgan fingerprint density at radius 3 is 2.02 bits per heavy atom. The number of carbonyl (C=O) groups excluding carboxylic acids is 2. The number of hydrogen-bond donors (Lipinski definition) is 1. The fourth-order valence-electron chi connectivity index (χ4n) is 4.69. The largest absolute Gasteiger partial charge is 0.354 e. The summed E-state index contributed by atoms with van der Waals surface area (Å²) in [7, 11) is -4.30. The topological polar surface area (TPSA) is 86.8 Å². The van der Waals surface area contributed by atoms with Crippen LogP contribution in [0.1, 0.15) is 24.5 Å². The third-order valence-electron chi connectivity index (χ3n) is 6.92. The van der Waals surface area contributed by atoms with E-state index in [1.54, 1.807) is 36.4 Å². The molecule has 2 amide bonds. The molecule has 0 fully saturated rings. The first-order valence-corrected chi connectivity index (χ1v) is 17.0. The molecule has 12 heteroatoms. The van der Waals surface area contributed by atoms with Crippen LogP contribution in [0.4, 0.5) is 5.69 Å². The number of nitrogens with zero attached hydrogens (tertiary/aromatic N) is 2. The van der Waals surface area contributed by atoms with E-state index in [1.807, 2.05) is 37.3 Å². The Labute approximate surface area is 283 Å². The molecule has 0 heterocycles. The summed E-state index contributed by atoms with van der Waals surface area (Å²) in [5, 5.41) is 3.97. The van der Waals surface area contributed by atoms with Crippen LogP contribution < -0.4 is 9.62 Å². The van der Waals surface area contributed by atoms with E-state index in [4.69, 9.17) is 46.4 Å². The van der Waals surface area contributed by atoms with Crippen molar-refractivity contribution in [3.8, 4) is 0 Å². The summed E-state index contributed by atoms with van der Waals surface area (Å²) in [4.78, 5) is 29.5. The molecular weight excluding hydrogens is 676 g/mol. The van der Waals surface area contributed by atoms with Gasteiger partial charge in [-0.1, -0.05) is 108 Å². The van der Waals surface area contributed by atoms with E-state index >= 15 is 0 Å². The van der Waals surface area contributed by atoms with Gasteiger partial charge in [-0.2, -0.15) is 0 Å². The number of halogens is 4. The molecule has 1 N–H and O–H groups in total. The predicted octanol–water partition coefficient (Wildman–Crippen LogP) is 7.66. The molecule has 4 aromatic rings. The fraction of sp³-hybridized carbons (Fsp3) is 0.212. The van der Waals surface area contributed by atoms with Gasteiger partial charge < -0.3 is 10.2 Å². The van der Waals surface area contributed by atoms with E-state index in [9.17, 15) is 18.0 Å². The van der Waals surface area contributed by atoms with Gasteiger partial charge in [-0.15, -0.1) is 0 Å². The molecule has 0 aromatic heterocycles. The summed E-state index contributed by atoms with van der Waals surface area (Å²) >= 11 is 25.2. The minimum Gasteiger partial charge on any atom is -0.354 e. The van der Waals surface area contributed by atoms with Crippen molar-refractivity contribution in [2.45, 2.75) is 37.2 Å². The number of hydrogen-bond acceptors (Lipinski definition) is 4. The van der Waals surface area contributed by atoms with Crippen molar-refractivity contribution >= 4 is 73.9 Å². The van der Waals surface area contributed by atoms with Crippen LogP contribution in [-0.2, 0) is 32.6 Å². The van der Waals surface area contributed by atoms with E-state index in [2.05, 4.69) is 5.32 Å². The summed E-state index contributed by atoms with van der Waals surface area (Å²) in [5.41, 5.74) is 1.42. The molecule has 0 saturated carbocycles. The Kier molecular flexibility index (Phi) is 12.2. The van der Waals surface area contributed by atoms with E-state index in [1.165, 1.54) is 35.2 Å². The number of benzene rings is 4. The van der Waals surface area contributed by atoms with Gasteiger partial charge in [0.05, 0.1) is 10.6 Å². The Bertz CT molecular complexity index is 1720. The third kappa shape index (κ3) is 9.15. The number of anilines is 1. The van der Waals surface area contributed by atoms with Gasteiger partial charge in [-0.05, 0) is 60.0 Å². The van der Waals surface area contributed by atoms with Crippen molar-refractivity contribution in [2.24, 2.45) is 0 Å². The molecule has 4 aromatic carbocycles. The normalized spacial score (nSPS) is 11.9. The minimum atomic E-state index is -4.30. The maximum absolute atomic E-state index is 14.5. The maximum Gasteiger partial charge on any atom is 0.264 e. The van der Waals surface area contributed by atoms with Crippen LogP contribution in [0, 0.1) is 0 Å². The van der Waals surface area contributed by atoms with Crippen LogP contribution >= 0.6 is 46.4 Å². The highest BCUT2D eigenvalue weighted by Gasteiger charge is 2.35. The lowest BCUT2D eigenvalue weighted by molar-refractivity contribution is -0.140. The number of rotatable bonds is 13. The Morgan fingerprint density at radius 2 is 1.42 bits per heavy atom. The molecule has 0 radical (unpaired) electrons. The molecule has 0 aliphatic carbocycles. The zero-order valence-corrected chi connectivity index (χ0v) is 28.1. The van der Waals surface area contributed by atoms with Gasteiger partial charge in [0.1, 0.15) is 12.6 Å². The molecule has 45 heavy (non-hydrogen) atoms. The molecule has 236 valence electrons. The molecule has 1 unspecified atom stereocenters. The first-order valence-electron chi connectivity index (χ1n) is 14.1. The van der Waals surface area contributed by atoms with Crippen LogP contribution in [0.15, 0.2) is 102 Å². The highest BCUT2D eigenvalue weighted by atomic mass is 35.5. The van der Waals surface area contributed by atoms with E-state index in [0.29, 0.717) is 28.6 Å². The second-order valence-corrected chi connectivity index (χ2v) is 13.8. The number of nitrogens with one attached hydrogen (secondary N) is 1. The fourth-order valence-corrected chi connectivity index (χ4v) is 7.09. The van der Waals surface area contributed by atoms with Gasteiger partial charge in [0, 0.05) is 39.6 Å². The zero-order valence-electron chi connectivity index (χ0n) is 24.3. The van der Waals surface area contributed by atoms with Crippen LogP contribution in [0.5, 0.6) is 0 Å². The van der Waals surface area contributed by atoms with Crippen LogP contribution in [0.2, 0.25) is 20.1 Å². The standard InChI is InChI=1S/C33H31Cl4N3O4S/c1-2-15-38-33(42)31(16-23-9-5-3-6-10-23)39(21-24-13-14-25(34)20-30(24)37)32(41)22-40(28-18-26(35)17-27(36)19-28)45(43,44)29-11-7-4-8-12-29/h3-14,17-20,31H,2,15-16,21-22H2,1H3,(H,38,42). The molecule has 0 aliphatic rings. The van der Waals surface area contributed by atoms with Gasteiger partial charge in [0.15, 0.2) is 0 Å². The monoisotopic (exact) mass is 705 g/mol. The molecule has 0 saturated heterocycles. The van der Waals surface area contributed by atoms with Gasteiger partial charge in [-0.25, -0.2) is 8.42 Å². The number of carbonyl (C=O) groups is 2. The van der Waals surface area contributed by atoms with Gasteiger partial charge in [0.2, 0.25) is 11.8 Å². The zero-order chi connectivity index (χ0) is 32.6. The molecular formula is C33H31Cl4N3O4S. The van der Waals surface area contributed by atoms with Crippen molar-refractivity contribution in [1.82, 2.24) is 10.2 Å². The first kappa shape index (κ1) is 34.6. The maximum atomic E-state index is 14.5. The first-order chi connectivity index (χ1) is 21.5. The molecule has 1 atom stereocenters. The number of sulfonamides is 1. The average Bonchev–Trinajstić information content (AvgIpc) is 3.01. The predicted molar refractivity (Wildman–Crippen MR) is 182 cm³/mol. The molecule has 7 nitrogen and oxygen atoms in total. The van der Waals surface area contributed by atoms with Gasteiger partial charge in [0.25, 0.3) is 10.0 Å². The Hall–Kier alpha value is -3.27. The van der Waals surface area contributed by atoms with E-state index in [0.717, 1.165) is 9.87 Å². The summed E-state index contributed by atoms with van der Waals surface area (Å²) in [6, 6.07) is 25.1. The minimum absolute atomic E-state index is 0.0391. The lowest BCUT2D eigenvalue weighted by atomic mass is 10.0. The summed E-state index contributed by atoms with van der Waals surface area (Å²) in [5.74, 6) is -1.04. The lowest BCUT2D eigenvalue weighted by Crippen LogP contribution is -2.53. The molecule has 0 spiro atoms. The molecule has 0 aliphatic heterocycles. The smallest absolute Gasteiger partial charge is 0.264 e. The van der Waals surface area contributed by atoms with Crippen molar-refractivity contribution in [1.29, 1.82) is 0 Å². The van der Waals surface area contributed by atoms with Crippen molar-refractivity contribution in [3.05, 3.63) is 128 Å². The second-order valence-electron chi connectivity index (χ2n) is 10.2. The highest BCUT2D eigenvalue weighted by Crippen LogP contribution is 2.31. The van der Waals surface area contributed by atoms with Crippen molar-refractivity contribution in [3.63, 3.8) is 0 Å². The molecule has 0 bridgehead atoms. The van der Waals surface area contributed by atoms with Crippen LogP contribution in [0.3, 0.4) is 0 Å². The Balaban J connectivity index is 1.83.